The van der Waals surface area contributed by atoms with E-state index in [0.717, 1.165) is 15.3 Å². The topological polar surface area (TPSA) is 60.9 Å². The molecular formula is C19H18N2O4S. The monoisotopic (exact) mass is 370 g/mol. The molecule has 1 fully saturated rings. The van der Waals surface area contributed by atoms with Crippen LogP contribution in [0.1, 0.15) is 10.4 Å². The highest BCUT2D eigenvalue weighted by Crippen LogP contribution is 2.34. The average Bonchev–Trinajstić information content (AvgIpc) is 3.06. The summed E-state index contributed by atoms with van der Waals surface area (Å²) in [7, 11) is 3.04. The van der Waals surface area contributed by atoms with E-state index in [1.54, 1.807) is 29.5 Å². The highest BCUT2D eigenvalue weighted by molar-refractivity contribution is 7.22. The van der Waals surface area contributed by atoms with Crippen molar-refractivity contribution >= 4 is 32.7 Å². The molecule has 0 N–H and O–H groups in total. The summed E-state index contributed by atoms with van der Waals surface area (Å²) >= 11 is 1.65. The van der Waals surface area contributed by atoms with Gasteiger partial charge in [-0.2, -0.15) is 0 Å². The van der Waals surface area contributed by atoms with Crippen molar-refractivity contribution in [2.24, 2.45) is 0 Å². The van der Waals surface area contributed by atoms with Gasteiger partial charge >= 0.3 is 5.97 Å². The van der Waals surface area contributed by atoms with Crippen LogP contribution in [0.25, 0.3) is 10.2 Å². The second-order valence-corrected chi connectivity index (χ2v) is 6.95. The molecule has 0 amide bonds. The van der Waals surface area contributed by atoms with E-state index in [4.69, 9.17) is 14.2 Å². The SMILES string of the molecule is COc1cccc(C(=O)OC2CN(c3nc4ccccc4s3)C2)c1OC. The van der Waals surface area contributed by atoms with Gasteiger partial charge in [-0.25, -0.2) is 9.78 Å². The number of para-hydroxylation sites is 2. The van der Waals surface area contributed by atoms with Crippen LogP contribution in [0.5, 0.6) is 11.5 Å². The number of rotatable bonds is 5. The molecule has 134 valence electrons. The minimum atomic E-state index is -0.408. The predicted octanol–water partition coefficient (Wildman–Crippen LogP) is 3.36. The molecule has 1 aliphatic rings. The molecule has 6 nitrogen and oxygen atoms in total. The van der Waals surface area contributed by atoms with Crippen LogP contribution in [0, 0.1) is 0 Å². The van der Waals surface area contributed by atoms with Crippen LogP contribution in [0.2, 0.25) is 0 Å². The maximum atomic E-state index is 12.5. The zero-order chi connectivity index (χ0) is 18.1. The maximum Gasteiger partial charge on any atom is 0.342 e. The van der Waals surface area contributed by atoms with Crippen molar-refractivity contribution in [1.82, 2.24) is 4.98 Å². The normalized spacial score (nSPS) is 14.2. The summed E-state index contributed by atoms with van der Waals surface area (Å²) < 4.78 is 17.3. The van der Waals surface area contributed by atoms with Crippen molar-refractivity contribution in [3.05, 3.63) is 48.0 Å². The van der Waals surface area contributed by atoms with E-state index in [-0.39, 0.29) is 6.10 Å². The van der Waals surface area contributed by atoms with Crippen molar-refractivity contribution in [2.75, 3.05) is 32.2 Å². The fourth-order valence-electron chi connectivity index (χ4n) is 2.93. The highest BCUT2D eigenvalue weighted by atomic mass is 32.1. The van der Waals surface area contributed by atoms with E-state index >= 15 is 0 Å². The number of nitrogens with zero attached hydrogens (tertiary/aromatic N) is 2. The van der Waals surface area contributed by atoms with Crippen molar-refractivity contribution in [3.8, 4) is 11.5 Å². The third-order valence-corrected chi connectivity index (χ3v) is 5.39. The molecule has 0 saturated carbocycles. The summed E-state index contributed by atoms with van der Waals surface area (Å²) in [4.78, 5) is 19.2. The fraction of sp³-hybridized carbons (Fsp3) is 0.263. The molecule has 3 aromatic rings. The van der Waals surface area contributed by atoms with Crippen LogP contribution in [-0.4, -0.2) is 44.4 Å². The summed E-state index contributed by atoms with van der Waals surface area (Å²) in [6, 6.07) is 13.2. The quantitative estimate of drug-likeness (QED) is 0.642. The molecule has 26 heavy (non-hydrogen) atoms. The van der Waals surface area contributed by atoms with Gasteiger partial charge < -0.3 is 19.1 Å². The number of carbonyl (C=O) groups is 1. The second-order valence-electron chi connectivity index (χ2n) is 5.94. The number of anilines is 1. The molecule has 0 aliphatic carbocycles. The van der Waals surface area contributed by atoms with Crippen LogP contribution in [0.3, 0.4) is 0 Å². The Balaban J connectivity index is 1.42. The van der Waals surface area contributed by atoms with Gasteiger partial charge in [-0.05, 0) is 24.3 Å². The first-order chi connectivity index (χ1) is 12.7. The first-order valence-corrected chi connectivity index (χ1v) is 9.03. The molecule has 1 aromatic heterocycles. The van der Waals surface area contributed by atoms with Crippen molar-refractivity contribution in [2.45, 2.75) is 6.10 Å². The van der Waals surface area contributed by atoms with Gasteiger partial charge in [0.05, 0.1) is 37.5 Å². The lowest BCUT2D eigenvalue weighted by Crippen LogP contribution is -2.53. The van der Waals surface area contributed by atoms with Crippen LogP contribution >= 0.6 is 11.3 Å². The number of fused-ring (bicyclic) bond motifs is 1. The molecule has 2 heterocycles. The number of thiazole rings is 1. The Morgan fingerprint density at radius 3 is 2.65 bits per heavy atom. The molecule has 0 spiro atoms. The standard InChI is InChI=1S/C19H18N2O4S/c1-23-15-8-5-6-13(17(15)24-2)18(22)25-12-10-21(11-12)19-20-14-7-3-4-9-16(14)26-19/h3-9,12H,10-11H2,1-2H3. The Bertz CT molecular complexity index is 917. The van der Waals surface area contributed by atoms with Gasteiger partial charge in [-0.3, -0.25) is 0 Å². The van der Waals surface area contributed by atoms with Gasteiger partial charge in [0.1, 0.15) is 11.7 Å². The van der Waals surface area contributed by atoms with E-state index in [0.29, 0.717) is 30.2 Å². The summed E-state index contributed by atoms with van der Waals surface area (Å²) in [5.41, 5.74) is 1.36. The number of hydrogen-bond acceptors (Lipinski definition) is 7. The zero-order valence-corrected chi connectivity index (χ0v) is 15.3. The van der Waals surface area contributed by atoms with Gasteiger partial charge in [0.2, 0.25) is 0 Å². The van der Waals surface area contributed by atoms with Crippen LogP contribution in [0.15, 0.2) is 42.5 Å². The van der Waals surface area contributed by atoms with E-state index in [1.165, 1.54) is 14.2 Å². The van der Waals surface area contributed by atoms with Crippen LogP contribution in [0.4, 0.5) is 5.13 Å². The molecule has 0 unspecified atom stereocenters. The van der Waals surface area contributed by atoms with Crippen molar-refractivity contribution < 1.29 is 19.0 Å². The summed E-state index contributed by atoms with van der Waals surface area (Å²) in [6.07, 6.45) is -0.162. The first kappa shape index (κ1) is 16.7. The molecule has 4 rings (SSSR count). The Hall–Kier alpha value is -2.80. The maximum absolute atomic E-state index is 12.5. The second kappa shape index (κ2) is 6.84. The van der Waals surface area contributed by atoms with Gasteiger partial charge in [0.25, 0.3) is 0 Å². The number of methoxy groups -OCH3 is 2. The minimum absolute atomic E-state index is 0.162. The lowest BCUT2D eigenvalue weighted by atomic mass is 10.1. The number of esters is 1. The van der Waals surface area contributed by atoms with E-state index in [1.807, 2.05) is 18.2 Å². The molecule has 1 aliphatic heterocycles. The van der Waals surface area contributed by atoms with Gasteiger partial charge in [-0.15, -0.1) is 0 Å². The molecule has 1 saturated heterocycles. The number of ether oxygens (including phenoxy) is 3. The minimum Gasteiger partial charge on any atom is -0.493 e. The van der Waals surface area contributed by atoms with Crippen LogP contribution in [-0.2, 0) is 4.74 Å². The lowest BCUT2D eigenvalue weighted by Gasteiger charge is -2.38. The van der Waals surface area contributed by atoms with E-state index in [9.17, 15) is 4.79 Å². The molecule has 2 aromatic carbocycles. The summed E-state index contributed by atoms with van der Waals surface area (Å²) in [5.74, 6) is 0.490. The Kier molecular flexibility index (Phi) is 4.38. The van der Waals surface area contributed by atoms with Crippen LogP contribution < -0.4 is 14.4 Å². The molecule has 0 atom stereocenters. The highest BCUT2D eigenvalue weighted by Gasteiger charge is 2.33. The van der Waals surface area contributed by atoms with E-state index < -0.39 is 5.97 Å². The van der Waals surface area contributed by atoms with E-state index in [2.05, 4.69) is 16.0 Å². The summed E-state index contributed by atoms with van der Waals surface area (Å²) in [5, 5.41) is 0.956. The van der Waals surface area contributed by atoms with Gasteiger partial charge in [-0.1, -0.05) is 29.5 Å². The number of hydrogen-bond donors (Lipinski definition) is 0. The number of aromatic nitrogens is 1. The number of benzene rings is 2. The zero-order valence-electron chi connectivity index (χ0n) is 14.5. The third kappa shape index (κ3) is 2.94. The molecular weight excluding hydrogens is 352 g/mol. The van der Waals surface area contributed by atoms with Gasteiger partial charge in [0.15, 0.2) is 16.6 Å². The van der Waals surface area contributed by atoms with Gasteiger partial charge in [0, 0.05) is 0 Å². The Morgan fingerprint density at radius 2 is 1.92 bits per heavy atom. The smallest absolute Gasteiger partial charge is 0.342 e. The van der Waals surface area contributed by atoms with Crippen molar-refractivity contribution in [3.63, 3.8) is 0 Å². The third-order valence-electron chi connectivity index (χ3n) is 4.30. The Morgan fingerprint density at radius 1 is 1.12 bits per heavy atom. The number of carbonyl (C=O) groups excluding carboxylic acids is 1. The van der Waals surface area contributed by atoms with Crippen molar-refractivity contribution in [1.29, 1.82) is 0 Å². The molecule has 0 bridgehead atoms. The fourth-order valence-corrected chi connectivity index (χ4v) is 3.91. The first-order valence-electron chi connectivity index (χ1n) is 8.22. The summed E-state index contributed by atoms with van der Waals surface area (Å²) in [6.45, 7) is 1.27. The Labute approximate surface area is 154 Å². The molecule has 7 heteroatoms. The predicted molar refractivity (Wildman–Crippen MR) is 101 cm³/mol. The molecule has 0 radical (unpaired) electrons. The average molecular weight is 370 g/mol. The lowest BCUT2D eigenvalue weighted by molar-refractivity contribution is 0.0230. The largest absolute Gasteiger partial charge is 0.493 e.